The van der Waals surface area contributed by atoms with E-state index in [-0.39, 0.29) is 0 Å². The van der Waals surface area contributed by atoms with Gasteiger partial charge in [0, 0.05) is 12.7 Å². The lowest BCUT2D eigenvalue weighted by molar-refractivity contribution is 0.149. The molecule has 0 spiro atoms. The van der Waals surface area contributed by atoms with Crippen molar-refractivity contribution in [3.63, 3.8) is 0 Å². The minimum atomic E-state index is 0.391. The van der Waals surface area contributed by atoms with Crippen molar-refractivity contribution in [1.82, 2.24) is 19.5 Å². The summed E-state index contributed by atoms with van der Waals surface area (Å²) in [5.74, 6) is 1.06. The van der Waals surface area contributed by atoms with Crippen molar-refractivity contribution in [3.05, 3.63) is 29.7 Å². The average molecular weight is 259 g/mol. The molecule has 3 heterocycles. The van der Waals surface area contributed by atoms with Crippen LogP contribution in [0.25, 0.3) is 5.65 Å². The van der Waals surface area contributed by atoms with Crippen LogP contribution in [0.15, 0.2) is 18.3 Å². The third-order valence-electron chi connectivity index (χ3n) is 4.04. The zero-order valence-corrected chi connectivity index (χ0v) is 11.4. The fourth-order valence-electron chi connectivity index (χ4n) is 2.96. The Kier molecular flexibility index (Phi) is 3.48. The summed E-state index contributed by atoms with van der Waals surface area (Å²) >= 11 is 0. The van der Waals surface area contributed by atoms with E-state index in [1.165, 1.54) is 19.3 Å². The number of fused-ring (bicyclic) bond motifs is 1. The Hall–Kier alpha value is -1.46. The molecule has 102 valence electrons. The Morgan fingerprint density at radius 2 is 2.21 bits per heavy atom. The summed E-state index contributed by atoms with van der Waals surface area (Å²) < 4.78 is 2.11. The van der Waals surface area contributed by atoms with Crippen LogP contribution in [-0.4, -0.2) is 32.6 Å². The maximum atomic E-state index is 5.73. The number of nitrogens with zero attached hydrogens (tertiary/aromatic N) is 4. The van der Waals surface area contributed by atoms with Gasteiger partial charge in [0.25, 0.3) is 0 Å². The van der Waals surface area contributed by atoms with Gasteiger partial charge in [-0.2, -0.15) is 0 Å². The van der Waals surface area contributed by atoms with E-state index in [0.717, 1.165) is 30.1 Å². The number of nitrogens with two attached hydrogens (primary N) is 1. The number of aromatic nitrogens is 3. The van der Waals surface area contributed by atoms with Gasteiger partial charge in [-0.05, 0) is 37.6 Å². The van der Waals surface area contributed by atoms with E-state index in [4.69, 9.17) is 5.73 Å². The SMILES string of the molecule is CCN1CCCCC1c1nnc2ccc(CN)cn12. The van der Waals surface area contributed by atoms with E-state index in [1.807, 2.05) is 12.1 Å². The van der Waals surface area contributed by atoms with E-state index in [9.17, 15) is 0 Å². The predicted molar refractivity (Wildman–Crippen MR) is 74.7 cm³/mol. The van der Waals surface area contributed by atoms with Gasteiger partial charge in [-0.3, -0.25) is 9.30 Å². The Balaban J connectivity index is 2.03. The first-order valence-electron chi connectivity index (χ1n) is 7.11. The fourth-order valence-corrected chi connectivity index (χ4v) is 2.96. The molecule has 1 aliphatic rings. The Labute approximate surface area is 113 Å². The smallest absolute Gasteiger partial charge is 0.160 e. The average Bonchev–Trinajstić information content (AvgIpc) is 2.89. The van der Waals surface area contributed by atoms with Crippen molar-refractivity contribution in [1.29, 1.82) is 0 Å². The van der Waals surface area contributed by atoms with Crippen LogP contribution >= 0.6 is 0 Å². The van der Waals surface area contributed by atoms with E-state index in [2.05, 4.69) is 32.6 Å². The van der Waals surface area contributed by atoms with Crippen LogP contribution in [0.3, 0.4) is 0 Å². The molecule has 2 aromatic rings. The van der Waals surface area contributed by atoms with Gasteiger partial charge in [0.05, 0.1) is 6.04 Å². The molecule has 0 radical (unpaired) electrons. The van der Waals surface area contributed by atoms with Crippen molar-refractivity contribution < 1.29 is 0 Å². The topological polar surface area (TPSA) is 59.5 Å². The number of likely N-dealkylation sites (tertiary alicyclic amines) is 1. The highest BCUT2D eigenvalue weighted by atomic mass is 15.3. The van der Waals surface area contributed by atoms with Gasteiger partial charge in [0.1, 0.15) is 0 Å². The van der Waals surface area contributed by atoms with Crippen molar-refractivity contribution in [3.8, 4) is 0 Å². The number of piperidine rings is 1. The highest BCUT2D eigenvalue weighted by molar-refractivity contribution is 5.40. The summed E-state index contributed by atoms with van der Waals surface area (Å²) in [6.07, 6.45) is 5.80. The molecule has 3 rings (SSSR count). The molecule has 1 saturated heterocycles. The lowest BCUT2D eigenvalue weighted by Crippen LogP contribution is -2.34. The molecule has 0 aliphatic carbocycles. The third-order valence-corrected chi connectivity index (χ3v) is 4.04. The van der Waals surface area contributed by atoms with Crippen LogP contribution in [0.2, 0.25) is 0 Å². The number of pyridine rings is 1. The summed E-state index contributed by atoms with van der Waals surface area (Å²) in [5.41, 5.74) is 7.76. The molecule has 1 fully saturated rings. The van der Waals surface area contributed by atoms with Crippen molar-refractivity contribution in [2.75, 3.05) is 13.1 Å². The molecule has 0 bridgehead atoms. The highest BCUT2D eigenvalue weighted by Crippen LogP contribution is 2.29. The predicted octanol–water partition coefficient (Wildman–Crippen LogP) is 1.73. The largest absolute Gasteiger partial charge is 0.326 e. The molecule has 0 aromatic carbocycles. The molecular weight excluding hydrogens is 238 g/mol. The molecule has 5 heteroatoms. The molecule has 1 atom stereocenters. The van der Waals surface area contributed by atoms with E-state index in [0.29, 0.717) is 12.6 Å². The van der Waals surface area contributed by atoms with Crippen molar-refractivity contribution >= 4 is 5.65 Å². The fraction of sp³-hybridized carbons (Fsp3) is 0.571. The quantitative estimate of drug-likeness (QED) is 0.912. The summed E-state index contributed by atoms with van der Waals surface area (Å²) in [4.78, 5) is 2.50. The third kappa shape index (κ3) is 2.24. The second-order valence-electron chi connectivity index (χ2n) is 5.17. The van der Waals surface area contributed by atoms with Gasteiger partial charge in [-0.1, -0.05) is 19.4 Å². The Morgan fingerprint density at radius 3 is 3.00 bits per heavy atom. The first kappa shape index (κ1) is 12.6. The van der Waals surface area contributed by atoms with Crippen LogP contribution in [0.4, 0.5) is 0 Å². The number of hydrogen-bond acceptors (Lipinski definition) is 4. The first-order chi connectivity index (χ1) is 9.33. The van der Waals surface area contributed by atoms with Gasteiger partial charge < -0.3 is 5.73 Å². The second-order valence-corrected chi connectivity index (χ2v) is 5.17. The van der Waals surface area contributed by atoms with Gasteiger partial charge in [0.2, 0.25) is 0 Å². The number of rotatable bonds is 3. The van der Waals surface area contributed by atoms with Crippen LogP contribution < -0.4 is 5.73 Å². The van der Waals surface area contributed by atoms with Crippen molar-refractivity contribution in [2.45, 2.75) is 38.8 Å². The molecule has 2 N–H and O–H groups in total. The molecule has 1 unspecified atom stereocenters. The summed E-state index contributed by atoms with van der Waals surface area (Å²) in [7, 11) is 0. The lowest BCUT2D eigenvalue weighted by Gasteiger charge is -2.33. The zero-order chi connectivity index (χ0) is 13.2. The molecule has 0 saturated carbocycles. The summed E-state index contributed by atoms with van der Waals surface area (Å²) in [6.45, 7) is 4.99. The molecule has 2 aromatic heterocycles. The highest BCUT2D eigenvalue weighted by Gasteiger charge is 2.26. The van der Waals surface area contributed by atoms with Crippen molar-refractivity contribution in [2.24, 2.45) is 5.73 Å². The number of hydrogen-bond donors (Lipinski definition) is 1. The second kappa shape index (κ2) is 5.27. The summed E-state index contributed by atoms with van der Waals surface area (Å²) in [5, 5.41) is 8.71. The molecular formula is C14H21N5. The van der Waals surface area contributed by atoms with Crippen LogP contribution in [0, 0.1) is 0 Å². The van der Waals surface area contributed by atoms with E-state index >= 15 is 0 Å². The summed E-state index contributed by atoms with van der Waals surface area (Å²) in [6, 6.07) is 4.41. The zero-order valence-electron chi connectivity index (χ0n) is 11.4. The van der Waals surface area contributed by atoms with Gasteiger partial charge in [-0.15, -0.1) is 10.2 Å². The van der Waals surface area contributed by atoms with E-state index < -0.39 is 0 Å². The normalized spacial score (nSPS) is 21.1. The molecule has 0 amide bonds. The monoisotopic (exact) mass is 259 g/mol. The van der Waals surface area contributed by atoms with Gasteiger partial charge >= 0.3 is 0 Å². The maximum Gasteiger partial charge on any atom is 0.160 e. The standard InChI is InChI=1S/C14H21N5/c1-2-18-8-4-3-5-12(18)14-17-16-13-7-6-11(9-15)10-19(13)14/h6-7,10,12H,2-5,8-9,15H2,1H3. The first-order valence-corrected chi connectivity index (χ1v) is 7.11. The molecule has 5 nitrogen and oxygen atoms in total. The minimum Gasteiger partial charge on any atom is -0.326 e. The van der Waals surface area contributed by atoms with Crippen LogP contribution in [0.1, 0.15) is 43.6 Å². The van der Waals surface area contributed by atoms with E-state index in [1.54, 1.807) is 0 Å². The molecule has 1 aliphatic heterocycles. The Morgan fingerprint density at radius 1 is 1.32 bits per heavy atom. The van der Waals surface area contributed by atoms with Crippen LogP contribution in [0.5, 0.6) is 0 Å². The maximum absolute atomic E-state index is 5.73. The lowest BCUT2D eigenvalue weighted by atomic mass is 10.0. The minimum absolute atomic E-state index is 0.391. The molecule has 19 heavy (non-hydrogen) atoms. The van der Waals surface area contributed by atoms with Gasteiger partial charge in [-0.25, -0.2) is 0 Å². The van der Waals surface area contributed by atoms with Gasteiger partial charge in [0.15, 0.2) is 11.5 Å². The van der Waals surface area contributed by atoms with Crippen LogP contribution in [-0.2, 0) is 6.54 Å². The Bertz CT molecular complexity index is 562.